The van der Waals surface area contributed by atoms with Crippen molar-refractivity contribution in [2.45, 2.75) is 39.2 Å². The average molecular weight is 226 g/mol. The first-order valence-electron chi connectivity index (χ1n) is 5.27. The second-order valence-corrected chi connectivity index (χ2v) is 5.23. The van der Waals surface area contributed by atoms with Crippen LogP contribution in [0.25, 0.3) is 0 Å². The predicted octanol–water partition coefficient (Wildman–Crippen LogP) is 3.43. The molecule has 1 nitrogen and oxygen atoms in total. The Bertz CT molecular complexity index is 369. The molecule has 0 amide bonds. The Morgan fingerprint density at radius 3 is 2.20 bits per heavy atom. The number of fused-ring (bicyclic) bond motifs is 1. The van der Waals surface area contributed by atoms with Gasteiger partial charge in [0, 0.05) is 5.54 Å². The third-order valence-corrected chi connectivity index (χ3v) is 4.41. The van der Waals surface area contributed by atoms with E-state index in [4.69, 9.17) is 5.73 Å². The average Bonchev–Trinajstić information content (AvgIpc) is 2.27. The fourth-order valence-corrected chi connectivity index (χ4v) is 2.53. The van der Waals surface area contributed by atoms with E-state index in [9.17, 15) is 0 Å². The topological polar surface area (TPSA) is 26.0 Å². The van der Waals surface area contributed by atoms with E-state index in [-0.39, 0.29) is 23.4 Å². The minimum atomic E-state index is -0.205. The summed E-state index contributed by atoms with van der Waals surface area (Å²) in [7, 11) is 0. The van der Waals surface area contributed by atoms with Gasteiger partial charge in [-0.1, -0.05) is 45.0 Å². The van der Waals surface area contributed by atoms with Gasteiger partial charge < -0.3 is 5.73 Å². The molecule has 1 aliphatic rings. The van der Waals surface area contributed by atoms with Crippen LogP contribution in [0.4, 0.5) is 0 Å². The van der Waals surface area contributed by atoms with Gasteiger partial charge in [0.1, 0.15) is 0 Å². The van der Waals surface area contributed by atoms with Gasteiger partial charge in [-0.2, -0.15) is 0 Å². The standard InChI is InChI=1S/C13H19N.ClH/c1-9-10-7-5-6-8-11(10)13(4,14)12(9,2)3;/h5-9H,14H2,1-4H3;1H/t9-,13-;/m0./s1. The molecule has 0 fully saturated rings. The van der Waals surface area contributed by atoms with Gasteiger partial charge in [0.25, 0.3) is 0 Å². The lowest BCUT2D eigenvalue weighted by molar-refractivity contribution is 0.178. The zero-order chi connectivity index (χ0) is 10.6. The van der Waals surface area contributed by atoms with Crippen LogP contribution in [0.15, 0.2) is 24.3 Å². The molecular weight excluding hydrogens is 206 g/mol. The lowest BCUT2D eigenvalue weighted by Gasteiger charge is -2.38. The van der Waals surface area contributed by atoms with Crippen molar-refractivity contribution in [2.75, 3.05) is 0 Å². The van der Waals surface area contributed by atoms with Crippen molar-refractivity contribution in [1.29, 1.82) is 0 Å². The van der Waals surface area contributed by atoms with Crippen molar-refractivity contribution in [3.05, 3.63) is 35.4 Å². The first-order valence-corrected chi connectivity index (χ1v) is 5.27. The van der Waals surface area contributed by atoms with Gasteiger partial charge in [-0.15, -0.1) is 12.4 Å². The highest BCUT2D eigenvalue weighted by Crippen LogP contribution is 2.55. The Hall–Kier alpha value is -0.530. The summed E-state index contributed by atoms with van der Waals surface area (Å²) >= 11 is 0. The molecule has 0 aliphatic heterocycles. The molecular formula is C13H20ClN. The van der Waals surface area contributed by atoms with E-state index in [0.29, 0.717) is 5.92 Å². The zero-order valence-electron chi connectivity index (χ0n) is 9.87. The minimum absolute atomic E-state index is 0. The van der Waals surface area contributed by atoms with Crippen LogP contribution in [0.2, 0.25) is 0 Å². The highest BCUT2D eigenvalue weighted by molar-refractivity contribution is 5.85. The number of halogens is 1. The molecule has 0 bridgehead atoms. The summed E-state index contributed by atoms with van der Waals surface area (Å²) in [5.41, 5.74) is 9.12. The molecule has 1 aliphatic carbocycles. The lowest BCUT2D eigenvalue weighted by atomic mass is 9.70. The first kappa shape index (κ1) is 12.5. The Labute approximate surface area is 98.5 Å². The Morgan fingerprint density at radius 2 is 1.67 bits per heavy atom. The summed E-state index contributed by atoms with van der Waals surface area (Å²) in [6.45, 7) is 8.95. The number of nitrogens with two attached hydrogens (primary N) is 1. The van der Waals surface area contributed by atoms with E-state index < -0.39 is 0 Å². The highest BCUT2D eigenvalue weighted by Gasteiger charge is 2.50. The molecule has 15 heavy (non-hydrogen) atoms. The van der Waals surface area contributed by atoms with Crippen LogP contribution in [0.3, 0.4) is 0 Å². The molecule has 2 atom stereocenters. The molecule has 0 spiro atoms. The van der Waals surface area contributed by atoms with Crippen LogP contribution in [0, 0.1) is 5.41 Å². The molecule has 84 valence electrons. The quantitative estimate of drug-likeness (QED) is 0.720. The molecule has 0 unspecified atom stereocenters. The highest BCUT2D eigenvalue weighted by atomic mass is 35.5. The van der Waals surface area contributed by atoms with Crippen molar-refractivity contribution in [1.82, 2.24) is 0 Å². The largest absolute Gasteiger partial charge is 0.321 e. The monoisotopic (exact) mass is 225 g/mol. The zero-order valence-corrected chi connectivity index (χ0v) is 10.7. The van der Waals surface area contributed by atoms with Crippen molar-refractivity contribution in [2.24, 2.45) is 11.1 Å². The molecule has 2 N–H and O–H groups in total. The fraction of sp³-hybridized carbons (Fsp3) is 0.538. The maximum atomic E-state index is 6.46. The van der Waals surface area contributed by atoms with Crippen molar-refractivity contribution < 1.29 is 0 Å². The molecule has 0 saturated carbocycles. The molecule has 1 aromatic carbocycles. The summed E-state index contributed by atoms with van der Waals surface area (Å²) < 4.78 is 0. The van der Waals surface area contributed by atoms with Crippen LogP contribution in [-0.2, 0) is 5.54 Å². The van der Waals surface area contributed by atoms with E-state index in [1.165, 1.54) is 11.1 Å². The van der Waals surface area contributed by atoms with Crippen LogP contribution in [0.1, 0.15) is 44.7 Å². The maximum Gasteiger partial charge on any atom is 0.0441 e. The van der Waals surface area contributed by atoms with Crippen LogP contribution >= 0.6 is 12.4 Å². The summed E-state index contributed by atoms with van der Waals surface area (Å²) in [5.74, 6) is 0.536. The van der Waals surface area contributed by atoms with Gasteiger partial charge in [-0.05, 0) is 29.4 Å². The van der Waals surface area contributed by atoms with Crippen LogP contribution in [0.5, 0.6) is 0 Å². The Balaban J connectivity index is 0.00000112. The van der Waals surface area contributed by atoms with Crippen molar-refractivity contribution in [3.63, 3.8) is 0 Å². The first-order chi connectivity index (χ1) is 6.39. The van der Waals surface area contributed by atoms with Gasteiger partial charge in [-0.3, -0.25) is 0 Å². The number of benzene rings is 1. The van der Waals surface area contributed by atoms with E-state index in [1.807, 2.05) is 0 Å². The normalized spacial score (nSPS) is 31.9. The third kappa shape index (κ3) is 1.41. The molecule has 2 rings (SSSR count). The lowest BCUT2D eigenvalue weighted by Crippen LogP contribution is -2.44. The van der Waals surface area contributed by atoms with Crippen molar-refractivity contribution in [3.8, 4) is 0 Å². The predicted molar refractivity (Wildman–Crippen MR) is 67.4 cm³/mol. The summed E-state index contributed by atoms with van der Waals surface area (Å²) in [6.07, 6.45) is 0. The molecule has 0 saturated heterocycles. The third-order valence-electron chi connectivity index (χ3n) is 4.41. The number of hydrogen-bond acceptors (Lipinski definition) is 1. The second kappa shape index (κ2) is 3.50. The van der Waals surface area contributed by atoms with Gasteiger partial charge in [0.05, 0.1) is 0 Å². The second-order valence-electron chi connectivity index (χ2n) is 5.23. The van der Waals surface area contributed by atoms with E-state index in [1.54, 1.807) is 0 Å². The number of hydrogen-bond donors (Lipinski definition) is 1. The van der Waals surface area contributed by atoms with Gasteiger partial charge in [0.2, 0.25) is 0 Å². The molecule has 0 aromatic heterocycles. The molecule has 0 radical (unpaired) electrons. The maximum absolute atomic E-state index is 6.46. The molecule has 2 heteroatoms. The fourth-order valence-electron chi connectivity index (χ4n) is 2.53. The SMILES string of the molecule is C[C@H]1c2ccccc2[C@](C)(N)C1(C)C.Cl. The van der Waals surface area contributed by atoms with Gasteiger partial charge in [0.15, 0.2) is 0 Å². The van der Waals surface area contributed by atoms with Crippen molar-refractivity contribution >= 4 is 12.4 Å². The Kier molecular flexibility index (Phi) is 2.92. The van der Waals surface area contributed by atoms with Gasteiger partial charge in [-0.25, -0.2) is 0 Å². The van der Waals surface area contributed by atoms with Crippen LogP contribution in [-0.4, -0.2) is 0 Å². The summed E-state index contributed by atoms with van der Waals surface area (Å²) in [6, 6.07) is 8.56. The smallest absolute Gasteiger partial charge is 0.0441 e. The van der Waals surface area contributed by atoms with Crippen LogP contribution < -0.4 is 5.73 Å². The Morgan fingerprint density at radius 1 is 1.13 bits per heavy atom. The number of rotatable bonds is 0. The molecule has 0 heterocycles. The summed E-state index contributed by atoms with van der Waals surface area (Å²) in [4.78, 5) is 0. The summed E-state index contributed by atoms with van der Waals surface area (Å²) in [5, 5.41) is 0. The van der Waals surface area contributed by atoms with E-state index in [0.717, 1.165) is 0 Å². The molecule has 1 aromatic rings. The van der Waals surface area contributed by atoms with Gasteiger partial charge >= 0.3 is 0 Å². The van der Waals surface area contributed by atoms with E-state index in [2.05, 4.69) is 52.0 Å². The van der Waals surface area contributed by atoms with E-state index >= 15 is 0 Å². The minimum Gasteiger partial charge on any atom is -0.321 e.